The highest BCUT2D eigenvalue weighted by atomic mass is 32.1. The Hall–Kier alpha value is -2.47. The van der Waals surface area contributed by atoms with Crippen molar-refractivity contribution in [3.63, 3.8) is 0 Å². The third-order valence-corrected chi connectivity index (χ3v) is 4.81. The van der Waals surface area contributed by atoms with Crippen molar-refractivity contribution < 1.29 is 4.79 Å². The molecule has 5 nitrogen and oxygen atoms in total. The second-order valence-electron chi connectivity index (χ2n) is 5.41. The molecule has 0 bridgehead atoms. The van der Waals surface area contributed by atoms with Gasteiger partial charge in [0.25, 0.3) is 5.91 Å². The maximum absolute atomic E-state index is 12.4. The number of rotatable bonds is 4. The van der Waals surface area contributed by atoms with E-state index in [-0.39, 0.29) is 11.9 Å². The summed E-state index contributed by atoms with van der Waals surface area (Å²) in [5.41, 5.74) is 2.96. The van der Waals surface area contributed by atoms with Gasteiger partial charge in [0.1, 0.15) is 0 Å². The number of hydrogen-bond acceptors (Lipinski definition) is 4. The first-order valence-electron chi connectivity index (χ1n) is 7.39. The van der Waals surface area contributed by atoms with E-state index in [2.05, 4.69) is 15.4 Å². The minimum atomic E-state index is -0.124. The van der Waals surface area contributed by atoms with Crippen LogP contribution in [0.3, 0.4) is 0 Å². The highest BCUT2D eigenvalue weighted by Gasteiger charge is 2.18. The molecular weight excluding hydrogens is 308 g/mol. The van der Waals surface area contributed by atoms with Gasteiger partial charge >= 0.3 is 0 Å². The van der Waals surface area contributed by atoms with Gasteiger partial charge in [-0.1, -0.05) is 6.07 Å². The van der Waals surface area contributed by atoms with E-state index in [0.717, 1.165) is 27.5 Å². The molecule has 23 heavy (non-hydrogen) atoms. The van der Waals surface area contributed by atoms with E-state index in [1.165, 1.54) is 11.3 Å². The smallest absolute Gasteiger partial charge is 0.262 e. The molecule has 118 valence electrons. The number of aromatic nitrogens is 3. The molecular formula is C17H18N4OS. The Kier molecular flexibility index (Phi) is 4.25. The molecule has 1 amide bonds. The van der Waals surface area contributed by atoms with Gasteiger partial charge in [0, 0.05) is 17.5 Å². The quantitative estimate of drug-likeness (QED) is 0.799. The Bertz CT molecular complexity index is 822. The Labute approximate surface area is 139 Å². The van der Waals surface area contributed by atoms with Gasteiger partial charge in [-0.3, -0.25) is 4.79 Å². The summed E-state index contributed by atoms with van der Waals surface area (Å²) in [5, 5.41) is 9.37. The van der Waals surface area contributed by atoms with E-state index in [0.29, 0.717) is 0 Å². The number of carbonyl (C=O) groups excluding carboxylic acids is 1. The van der Waals surface area contributed by atoms with Gasteiger partial charge in [-0.25, -0.2) is 9.67 Å². The van der Waals surface area contributed by atoms with E-state index in [1.807, 2.05) is 50.4 Å². The van der Waals surface area contributed by atoms with Crippen LogP contribution in [0.1, 0.15) is 39.5 Å². The van der Waals surface area contributed by atoms with Crippen LogP contribution < -0.4 is 5.32 Å². The highest BCUT2D eigenvalue weighted by Crippen LogP contribution is 2.21. The summed E-state index contributed by atoms with van der Waals surface area (Å²) in [6, 6.07) is 7.53. The zero-order valence-corrected chi connectivity index (χ0v) is 14.1. The third kappa shape index (κ3) is 3.03. The number of pyridine rings is 1. The summed E-state index contributed by atoms with van der Waals surface area (Å²) in [6.07, 6.45) is 3.52. The van der Waals surface area contributed by atoms with Crippen LogP contribution in [0.5, 0.6) is 0 Å². The van der Waals surface area contributed by atoms with Gasteiger partial charge in [0.05, 0.1) is 17.1 Å². The van der Waals surface area contributed by atoms with E-state index >= 15 is 0 Å². The zero-order chi connectivity index (χ0) is 16.4. The Balaban J connectivity index is 1.81. The largest absolute Gasteiger partial charge is 0.345 e. The fraction of sp³-hybridized carbons (Fsp3) is 0.235. The fourth-order valence-corrected chi connectivity index (χ4v) is 3.33. The van der Waals surface area contributed by atoms with E-state index < -0.39 is 0 Å². The van der Waals surface area contributed by atoms with Crippen molar-refractivity contribution in [1.29, 1.82) is 0 Å². The monoisotopic (exact) mass is 326 g/mol. The molecule has 0 aliphatic rings. The molecule has 6 heteroatoms. The number of hydrogen-bond donors (Lipinski definition) is 1. The number of thiophene rings is 1. The molecule has 1 N–H and O–H groups in total. The highest BCUT2D eigenvalue weighted by molar-refractivity contribution is 7.12. The molecule has 3 aromatic heterocycles. The number of nitrogens with zero attached hydrogens (tertiary/aromatic N) is 3. The molecule has 0 aliphatic carbocycles. The average Bonchev–Trinajstić information content (AvgIpc) is 3.14. The number of carbonyl (C=O) groups is 1. The molecule has 0 radical (unpaired) electrons. The molecule has 0 saturated heterocycles. The number of amides is 1. The first-order valence-corrected chi connectivity index (χ1v) is 8.26. The minimum Gasteiger partial charge on any atom is -0.345 e. The number of nitrogens with one attached hydrogen (secondary N) is 1. The maximum Gasteiger partial charge on any atom is 0.262 e. The Morgan fingerprint density at radius 3 is 2.78 bits per heavy atom. The van der Waals surface area contributed by atoms with E-state index in [1.54, 1.807) is 17.1 Å². The lowest BCUT2D eigenvalue weighted by atomic mass is 10.1. The SMILES string of the molecule is Cc1ccsc1C(=O)NC(C)c1cnn(-c2ccccn2)c1C. The van der Waals surface area contributed by atoms with Crippen molar-refractivity contribution in [2.45, 2.75) is 26.8 Å². The average molecular weight is 326 g/mol. The van der Waals surface area contributed by atoms with Gasteiger partial charge in [0.15, 0.2) is 5.82 Å². The molecule has 0 fully saturated rings. The maximum atomic E-state index is 12.4. The first-order chi connectivity index (χ1) is 11.1. The van der Waals surface area contributed by atoms with Crippen LogP contribution in [-0.4, -0.2) is 20.7 Å². The second kappa shape index (κ2) is 6.34. The predicted octanol–water partition coefficient (Wildman–Crippen LogP) is 3.44. The van der Waals surface area contributed by atoms with Gasteiger partial charge in [0.2, 0.25) is 0 Å². The molecule has 1 atom stereocenters. The van der Waals surface area contributed by atoms with Gasteiger partial charge in [-0.15, -0.1) is 11.3 Å². The van der Waals surface area contributed by atoms with Gasteiger partial charge in [-0.05, 0) is 49.9 Å². The van der Waals surface area contributed by atoms with Crippen LogP contribution in [0, 0.1) is 13.8 Å². The summed E-state index contributed by atoms with van der Waals surface area (Å²) < 4.78 is 1.79. The molecule has 1 unspecified atom stereocenters. The molecule has 3 aromatic rings. The molecule has 0 aromatic carbocycles. The molecule has 3 rings (SSSR count). The van der Waals surface area contributed by atoms with Crippen molar-refractivity contribution in [2.24, 2.45) is 0 Å². The zero-order valence-electron chi connectivity index (χ0n) is 13.3. The summed E-state index contributed by atoms with van der Waals surface area (Å²) in [7, 11) is 0. The van der Waals surface area contributed by atoms with Crippen molar-refractivity contribution in [3.05, 3.63) is 63.7 Å². The van der Waals surface area contributed by atoms with Crippen molar-refractivity contribution >= 4 is 17.2 Å². The van der Waals surface area contributed by atoms with Crippen LogP contribution in [0.25, 0.3) is 5.82 Å². The minimum absolute atomic E-state index is 0.0463. The molecule has 3 heterocycles. The summed E-state index contributed by atoms with van der Waals surface area (Å²) in [5.74, 6) is 0.721. The van der Waals surface area contributed by atoms with Gasteiger partial charge < -0.3 is 5.32 Å². The topological polar surface area (TPSA) is 59.8 Å². The standard InChI is InChI=1S/C17H18N4OS/c1-11-7-9-23-16(11)17(22)20-12(2)14-10-19-21(13(14)3)15-6-4-5-8-18-15/h4-10,12H,1-3H3,(H,20,22). The van der Waals surface area contributed by atoms with Crippen LogP contribution in [0.2, 0.25) is 0 Å². The molecule has 0 saturated carbocycles. The normalized spacial score (nSPS) is 12.1. The molecule has 0 aliphatic heterocycles. The van der Waals surface area contributed by atoms with Crippen LogP contribution in [0.15, 0.2) is 42.0 Å². The fourth-order valence-electron chi connectivity index (χ4n) is 2.50. The lowest BCUT2D eigenvalue weighted by Crippen LogP contribution is -2.26. The summed E-state index contributed by atoms with van der Waals surface area (Å²) in [6.45, 7) is 5.89. The van der Waals surface area contributed by atoms with Crippen molar-refractivity contribution in [3.8, 4) is 5.82 Å². The van der Waals surface area contributed by atoms with Crippen LogP contribution >= 0.6 is 11.3 Å². The third-order valence-electron chi connectivity index (χ3n) is 3.80. The van der Waals surface area contributed by atoms with Crippen LogP contribution in [0.4, 0.5) is 0 Å². The second-order valence-corrected chi connectivity index (χ2v) is 6.33. The van der Waals surface area contributed by atoms with Crippen molar-refractivity contribution in [1.82, 2.24) is 20.1 Å². The van der Waals surface area contributed by atoms with E-state index in [9.17, 15) is 4.79 Å². The lowest BCUT2D eigenvalue weighted by molar-refractivity contribution is 0.0943. The first kappa shape index (κ1) is 15.4. The number of aryl methyl sites for hydroxylation is 1. The molecule has 0 spiro atoms. The van der Waals surface area contributed by atoms with Crippen molar-refractivity contribution in [2.75, 3.05) is 0 Å². The summed E-state index contributed by atoms with van der Waals surface area (Å²) >= 11 is 1.46. The van der Waals surface area contributed by atoms with Crippen LogP contribution in [-0.2, 0) is 0 Å². The summed E-state index contributed by atoms with van der Waals surface area (Å²) in [4.78, 5) is 17.4. The Morgan fingerprint density at radius 2 is 2.13 bits per heavy atom. The Morgan fingerprint density at radius 1 is 1.30 bits per heavy atom. The van der Waals surface area contributed by atoms with E-state index in [4.69, 9.17) is 0 Å². The van der Waals surface area contributed by atoms with Gasteiger partial charge in [-0.2, -0.15) is 5.10 Å². The lowest BCUT2D eigenvalue weighted by Gasteiger charge is -2.14. The predicted molar refractivity (Wildman–Crippen MR) is 91.0 cm³/mol.